The molecule has 2 atom stereocenters. The largest absolute Gasteiger partial charge is 0.481 e. The monoisotopic (exact) mass is 236 g/mol. The molecule has 94 valence electrons. The maximum atomic E-state index is 5.60. The molecular weight excluding hydrogens is 216 g/mol. The summed E-state index contributed by atoms with van der Waals surface area (Å²) >= 11 is 0. The first-order chi connectivity index (χ1) is 8.14. The predicted octanol–water partition coefficient (Wildman–Crippen LogP) is 1.75. The summed E-state index contributed by atoms with van der Waals surface area (Å²) in [6.45, 7) is 5.97. The molecule has 1 aliphatic heterocycles. The molecule has 1 aromatic rings. The molecule has 2 rings (SSSR count). The van der Waals surface area contributed by atoms with Gasteiger partial charge in [-0.25, -0.2) is 4.98 Å². The van der Waals surface area contributed by atoms with Crippen LogP contribution in [0.15, 0.2) is 18.3 Å². The summed E-state index contributed by atoms with van der Waals surface area (Å²) in [6, 6.07) is 3.91. The van der Waals surface area contributed by atoms with Crippen molar-refractivity contribution >= 4 is 0 Å². The van der Waals surface area contributed by atoms with E-state index in [1.807, 2.05) is 18.3 Å². The van der Waals surface area contributed by atoms with Crippen LogP contribution in [-0.2, 0) is 11.3 Å². The van der Waals surface area contributed by atoms with Gasteiger partial charge in [0.25, 0.3) is 0 Å². The van der Waals surface area contributed by atoms with Crippen molar-refractivity contribution in [2.24, 2.45) is 0 Å². The molecule has 4 heteroatoms. The van der Waals surface area contributed by atoms with E-state index in [4.69, 9.17) is 9.47 Å². The number of pyridine rings is 1. The van der Waals surface area contributed by atoms with Crippen molar-refractivity contribution in [2.45, 2.75) is 38.5 Å². The fourth-order valence-electron chi connectivity index (χ4n) is 2.01. The summed E-state index contributed by atoms with van der Waals surface area (Å²) in [5.74, 6) is 0.650. The number of nitrogens with one attached hydrogen (secondary N) is 1. The molecule has 0 bridgehead atoms. The second-order valence-electron chi connectivity index (χ2n) is 4.74. The molecule has 1 N–H and O–H groups in total. The van der Waals surface area contributed by atoms with Gasteiger partial charge in [0.05, 0.1) is 13.2 Å². The number of nitrogens with zero attached hydrogens (tertiary/aromatic N) is 1. The van der Waals surface area contributed by atoms with Crippen LogP contribution in [0.3, 0.4) is 0 Å². The summed E-state index contributed by atoms with van der Waals surface area (Å²) in [6.07, 6.45) is 3.15. The zero-order chi connectivity index (χ0) is 12.3. The van der Waals surface area contributed by atoms with E-state index in [9.17, 15) is 0 Å². The highest BCUT2D eigenvalue weighted by molar-refractivity contribution is 5.18. The number of hydrogen-bond donors (Lipinski definition) is 1. The van der Waals surface area contributed by atoms with Crippen molar-refractivity contribution in [1.82, 2.24) is 10.3 Å². The molecule has 2 heterocycles. The Labute approximate surface area is 102 Å². The SMILES string of the molecule is COc1ccc(CNC2(C)CCOC2C)cn1. The lowest BCUT2D eigenvalue weighted by molar-refractivity contribution is 0.0881. The van der Waals surface area contributed by atoms with Gasteiger partial charge in [-0.3, -0.25) is 0 Å². The van der Waals surface area contributed by atoms with Gasteiger partial charge in [-0.2, -0.15) is 0 Å². The highest BCUT2D eigenvalue weighted by Gasteiger charge is 2.36. The minimum absolute atomic E-state index is 0.0694. The standard InChI is InChI=1S/C13H20N2O2/c1-10-13(2,6-7-17-10)15-9-11-4-5-12(16-3)14-8-11/h4-5,8,10,15H,6-7,9H2,1-3H3. The second kappa shape index (κ2) is 5.02. The van der Waals surface area contributed by atoms with Gasteiger partial charge in [0, 0.05) is 31.0 Å². The molecule has 0 amide bonds. The van der Waals surface area contributed by atoms with Gasteiger partial charge in [-0.15, -0.1) is 0 Å². The van der Waals surface area contributed by atoms with Crippen LogP contribution in [0, 0.1) is 0 Å². The van der Waals surface area contributed by atoms with Gasteiger partial charge in [0.1, 0.15) is 0 Å². The van der Waals surface area contributed by atoms with Gasteiger partial charge in [-0.05, 0) is 25.8 Å². The molecule has 17 heavy (non-hydrogen) atoms. The van der Waals surface area contributed by atoms with Crippen molar-refractivity contribution in [3.63, 3.8) is 0 Å². The fraction of sp³-hybridized carbons (Fsp3) is 0.615. The van der Waals surface area contributed by atoms with E-state index >= 15 is 0 Å². The summed E-state index contributed by atoms with van der Waals surface area (Å²) in [5, 5.41) is 3.56. The van der Waals surface area contributed by atoms with Crippen molar-refractivity contribution in [3.8, 4) is 5.88 Å². The van der Waals surface area contributed by atoms with Gasteiger partial charge in [-0.1, -0.05) is 6.07 Å². The Kier molecular flexibility index (Phi) is 3.64. The molecule has 1 aromatic heterocycles. The quantitative estimate of drug-likeness (QED) is 0.865. The van der Waals surface area contributed by atoms with Crippen molar-refractivity contribution < 1.29 is 9.47 Å². The number of hydrogen-bond acceptors (Lipinski definition) is 4. The normalized spacial score (nSPS) is 28.3. The van der Waals surface area contributed by atoms with E-state index in [-0.39, 0.29) is 11.6 Å². The maximum Gasteiger partial charge on any atom is 0.212 e. The average Bonchev–Trinajstić information content (AvgIpc) is 2.68. The van der Waals surface area contributed by atoms with E-state index < -0.39 is 0 Å². The number of aromatic nitrogens is 1. The lowest BCUT2D eigenvalue weighted by Gasteiger charge is -2.29. The van der Waals surface area contributed by atoms with Crippen molar-refractivity contribution in [1.29, 1.82) is 0 Å². The molecule has 1 fully saturated rings. The summed E-state index contributed by atoms with van der Waals surface area (Å²) in [4.78, 5) is 4.19. The van der Waals surface area contributed by atoms with Gasteiger partial charge >= 0.3 is 0 Å². The first kappa shape index (κ1) is 12.3. The predicted molar refractivity (Wildman–Crippen MR) is 66.1 cm³/mol. The van der Waals surface area contributed by atoms with Crippen LogP contribution in [-0.4, -0.2) is 30.3 Å². The molecule has 1 aliphatic rings. The summed E-state index contributed by atoms with van der Waals surface area (Å²) in [5.41, 5.74) is 1.23. The lowest BCUT2D eigenvalue weighted by Crippen LogP contribution is -2.47. The number of ether oxygens (including phenoxy) is 2. The van der Waals surface area contributed by atoms with E-state index in [0.29, 0.717) is 5.88 Å². The van der Waals surface area contributed by atoms with E-state index in [2.05, 4.69) is 24.1 Å². The lowest BCUT2D eigenvalue weighted by atomic mass is 9.94. The maximum absolute atomic E-state index is 5.60. The van der Waals surface area contributed by atoms with Crippen molar-refractivity contribution in [2.75, 3.05) is 13.7 Å². The minimum atomic E-state index is 0.0694. The second-order valence-corrected chi connectivity index (χ2v) is 4.74. The zero-order valence-electron chi connectivity index (χ0n) is 10.7. The molecular formula is C13H20N2O2. The molecule has 0 saturated carbocycles. The number of methoxy groups -OCH3 is 1. The van der Waals surface area contributed by atoms with Crippen LogP contribution in [0.4, 0.5) is 0 Å². The van der Waals surface area contributed by atoms with Gasteiger partial charge in [0.2, 0.25) is 5.88 Å². The molecule has 0 radical (unpaired) electrons. The van der Waals surface area contributed by atoms with Crippen LogP contribution in [0.1, 0.15) is 25.8 Å². The van der Waals surface area contributed by atoms with E-state index in [1.165, 1.54) is 0 Å². The van der Waals surface area contributed by atoms with E-state index in [1.54, 1.807) is 7.11 Å². The topological polar surface area (TPSA) is 43.4 Å². The number of rotatable bonds is 4. The highest BCUT2D eigenvalue weighted by Crippen LogP contribution is 2.25. The Hall–Kier alpha value is -1.13. The molecule has 2 unspecified atom stereocenters. The molecule has 0 aliphatic carbocycles. The molecule has 4 nitrogen and oxygen atoms in total. The van der Waals surface area contributed by atoms with Crippen LogP contribution in [0.5, 0.6) is 5.88 Å². The molecule has 1 saturated heterocycles. The third kappa shape index (κ3) is 2.76. The Bertz CT molecular complexity index is 366. The van der Waals surface area contributed by atoms with Crippen LogP contribution >= 0.6 is 0 Å². The van der Waals surface area contributed by atoms with Crippen molar-refractivity contribution in [3.05, 3.63) is 23.9 Å². The fourth-order valence-corrected chi connectivity index (χ4v) is 2.01. The zero-order valence-corrected chi connectivity index (χ0v) is 10.7. The summed E-state index contributed by atoms with van der Waals surface area (Å²) in [7, 11) is 1.62. The van der Waals surface area contributed by atoms with E-state index in [0.717, 1.165) is 25.1 Å². The Morgan fingerprint density at radius 2 is 2.41 bits per heavy atom. The summed E-state index contributed by atoms with van der Waals surface area (Å²) < 4.78 is 10.6. The third-order valence-electron chi connectivity index (χ3n) is 3.59. The Morgan fingerprint density at radius 1 is 1.59 bits per heavy atom. The Morgan fingerprint density at radius 3 is 2.94 bits per heavy atom. The van der Waals surface area contributed by atoms with Gasteiger partial charge < -0.3 is 14.8 Å². The minimum Gasteiger partial charge on any atom is -0.481 e. The van der Waals surface area contributed by atoms with Crippen LogP contribution in [0.25, 0.3) is 0 Å². The molecule has 0 spiro atoms. The van der Waals surface area contributed by atoms with Crippen LogP contribution < -0.4 is 10.1 Å². The van der Waals surface area contributed by atoms with Gasteiger partial charge in [0.15, 0.2) is 0 Å². The smallest absolute Gasteiger partial charge is 0.212 e. The highest BCUT2D eigenvalue weighted by atomic mass is 16.5. The van der Waals surface area contributed by atoms with Crippen LogP contribution in [0.2, 0.25) is 0 Å². The third-order valence-corrected chi connectivity index (χ3v) is 3.59. The Balaban J connectivity index is 1.93. The average molecular weight is 236 g/mol. The first-order valence-electron chi connectivity index (χ1n) is 5.99. The first-order valence-corrected chi connectivity index (χ1v) is 5.99. The molecule has 0 aromatic carbocycles.